The Morgan fingerprint density at radius 3 is 3.00 bits per heavy atom. The summed E-state index contributed by atoms with van der Waals surface area (Å²) < 4.78 is 13.2. The fraction of sp³-hybridized carbons (Fsp3) is 0.625. The van der Waals surface area contributed by atoms with E-state index in [1.165, 1.54) is 38.2 Å². The topological polar surface area (TPSA) is 12.0 Å². The van der Waals surface area contributed by atoms with Crippen molar-refractivity contribution in [1.29, 1.82) is 0 Å². The van der Waals surface area contributed by atoms with Crippen LogP contribution in [0.4, 0.5) is 4.39 Å². The zero-order valence-electron chi connectivity index (χ0n) is 11.3. The molecule has 0 heterocycles. The van der Waals surface area contributed by atoms with E-state index >= 15 is 0 Å². The molecule has 1 fully saturated rings. The van der Waals surface area contributed by atoms with E-state index in [0.717, 1.165) is 24.4 Å². The van der Waals surface area contributed by atoms with Crippen LogP contribution in [0.25, 0.3) is 0 Å². The van der Waals surface area contributed by atoms with E-state index in [0.29, 0.717) is 6.04 Å². The second-order valence-electron chi connectivity index (χ2n) is 5.52. The van der Waals surface area contributed by atoms with Crippen molar-refractivity contribution >= 4 is 0 Å². The van der Waals surface area contributed by atoms with E-state index < -0.39 is 0 Å². The van der Waals surface area contributed by atoms with Gasteiger partial charge in [0, 0.05) is 6.04 Å². The van der Waals surface area contributed by atoms with Crippen LogP contribution in [-0.2, 0) is 6.42 Å². The first-order valence-corrected chi connectivity index (χ1v) is 7.25. The summed E-state index contributed by atoms with van der Waals surface area (Å²) in [6, 6.07) is 7.75. The predicted octanol–water partition coefficient (Wildman–Crippen LogP) is 3.93. The van der Waals surface area contributed by atoms with E-state index in [-0.39, 0.29) is 5.82 Å². The van der Waals surface area contributed by atoms with Crippen molar-refractivity contribution < 1.29 is 4.39 Å². The highest BCUT2D eigenvalue weighted by molar-refractivity contribution is 5.17. The lowest BCUT2D eigenvalue weighted by Gasteiger charge is -2.30. The molecule has 2 rings (SSSR count). The Morgan fingerprint density at radius 2 is 2.22 bits per heavy atom. The third-order valence-electron chi connectivity index (χ3n) is 3.88. The number of rotatable bonds is 5. The van der Waals surface area contributed by atoms with E-state index in [1.807, 2.05) is 12.1 Å². The molecule has 1 nitrogen and oxygen atoms in total. The van der Waals surface area contributed by atoms with Gasteiger partial charge in [0.15, 0.2) is 0 Å². The van der Waals surface area contributed by atoms with Crippen molar-refractivity contribution in [2.75, 3.05) is 6.54 Å². The van der Waals surface area contributed by atoms with Crippen LogP contribution in [0.1, 0.15) is 44.6 Å². The van der Waals surface area contributed by atoms with Crippen LogP contribution >= 0.6 is 0 Å². The Kier molecular flexibility index (Phi) is 5.18. The van der Waals surface area contributed by atoms with Gasteiger partial charge in [0.05, 0.1) is 0 Å². The molecule has 0 spiro atoms. The first-order valence-electron chi connectivity index (χ1n) is 7.25. The van der Waals surface area contributed by atoms with Gasteiger partial charge in [-0.1, -0.05) is 31.9 Å². The molecule has 18 heavy (non-hydrogen) atoms. The first-order chi connectivity index (χ1) is 8.78. The molecular weight excluding hydrogens is 225 g/mol. The lowest BCUT2D eigenvalue weighted by atomic mass is 9.82. The Hall–Kier alpha value is -0.890. The highest BCUT2D eigenvalue weighted by Gasteiger charge is 2.21. The highest BCUT2D eigenvalue weighted by Crippen LogP contribution is 2.27. The van der Waals surface area contributed by atoms with Crippen LogP contribution in [0.5, 0.6) is 0 Å². The quantitative estimate of drug-likeness (QED) is 0.834. The standard InChI is InChI=1S/C16H24FN/c1-2-9-18-16-8-4-6-14(12-16)10-13-5-3-7-15(17)11-13/h3,5,7,11,14,16,18H,2,4,6,8-10,12H2,1H3. The van der Waals surface area contributed by atoms with Crippen LogP contribution in [0.15, 0.2) is 24.3 Å². The monoisotopic (exact) mass is 249 g/mol. The largest absolute Gasteiger partial charge is 0.314 e. The summed E-state index contributed by atoms with van der Waals surface area (Å²) in [7, 11) is 0. The number of benzene rings is 1. The Morgan fingerprint density at radius 1 is 1.33 bits per heavy atom. The van der Waals surface area contributed by atoms with Gasteiger partial charge in [-0.3, -0.25) is 0 Å². The van der Waals surface area contributed by atoms with Gasteiger partial charge in [-0.25, -0.2) is 4.39 Å². The molecule has 0 bridgehead atoms. The molecule has 1 saturated carbocycles. The molecule has 0 amide bonds. The summed E-state index contributed by atoms with van der Waals surface area (Å²) in [6.07, 6.45) is 7.38. The molecule has 2 atom stereocenters. The molecule has 0 radical (unpaired) electrons. The fourth-order valence-electron chi connectivity index (χ4n) is 3.01. The van der Waals surface area contributed by atoms with Crippen molar-refractivity contribution in [2.24, 2.45) is 5.92 Å². The molecule has 0 saturated heterocycles. The Labute approximate surface area is 110 Å². The van der Waals surface area contributed by atoms with E-state index in [4.69, 9.17) is 0 Å². The predicted molar refractivity (Wildman–Crippen MR) is 74.1 cm³/mol. The van der Waals surface area contributed by atoms with Gasteiger partial charge in [0.2, 0.25) is 0 Å². The van der Waals surface area contributed by atoms with Crippen molar-refractivity contribution in [1.82, 2.24) is 5.32 Å². The van der Waals surface area contributed by atoms with E-state index in [2.05, 4.69) is 12.2 Å². The summed E-state index contributed by atoms with van der Waals surface area (Å²) in [5, 5.41) is 3.62. The maximum absolute atomic E-state index is 13.2. The van der Waals surface area contributed by atoms with Gasteiger partial charge in [-0.2, -0.15) is 0 Å². The molecule has 1 aromatic rings. The Balaban J connectivity index is 1.85. The van der Waals surface area contributed by atoms with Crippen LogP contribution in [0.3, 0.4) is 0 Å². The summed E-state index contributed by atoms with van der Waals surface area (Å²) in [4.78, 5) is 0. The first kappa shape index (κ1) is 13.5. The molecule has 2 unspecified atom stereocenters. The van der Waals surface area contributed by atoms with Crippen LogP contribution < -0.4 is 5.32 Å². The second-order valence-corrected chi connectivity index (χ2v) is 5.52. The summed E-state index contributed by atoms with van der Waals surface area (Å²) >= 11 is 0. The highest BCUT2D eigenvalue weighted by atomic mass is 19.1. The normalized spacial score (nSPS) is 24.1. The fourth-order valence-corrected chi connectivity index (χ4v) is 3.01. The van der Waals surface area contributed by atoms with Crippen molar-refractivity contribution in [3.8, 4) is 0 Å². The average molecular weight is 249 g/mol. The molecule has 1 aromatic carbocycles. The lowest BCUT2D eigenvalue weighted by Crippen LogP contribution is -2.35. The van der Waals surface area contributed by atoms with Crippen LogP contribution in [-0.4, -0.2) is 12.6 Å². The molecule has 1 N–H and O–H groups in total. The maximum atomic E-state index is 13.2. The smallest absolute Gasteiger partial charge is 0.123 e. The molecule has 100 valence electrons. The molecular formula is C16H24FN. The minimum atomic E-state index is -0.107. The minimum Gasteiger partial charge on any atom is -0.314 e. The number of hydrogen-bond acceptors (Lipinski definition) is 1. The van der Waals surface area contributed by atoms with Crippen molar-refractivity contribution in [3.63, 3.8) is 0 Å². The molecule has 1 aliphatic carbocycles. The van der Waals surface area contributed by atoms with Gasteiger partial charge in [0.1, 0.15) is 5.82 Å². The zero-order valence-corrected chi connectivity index (χ0v) is 11.3. The summed E-state index contributed by atoms with van der Waals surface area (Å²) in [5.74, 6) is 0.610. The molecule has 1 aliphatic rings. The lowest BCUT2D eigenvalue weighted by molar-refractivity contribution is 0.284. The van der Waals surface area contributed by atoms with Crippen molar-refractivity contribution in [2.45, 2.75) is 51.5 Å². The zero-order chi connectivity index (χ0) is 12.8. The number of nitrogens with one attached hydrogen (secondary N) is 1. The summed E-state index contributed by atoms with van der Waals surface area (Å²) in [5.41, 5.74) is 1.15. The van der Waals surface area contributed by atoms with E-state index in [9.17, 15) is 4.39 Å². The second kappa shape index (κ2) is 6.89. The minimum absolute atomic E-state index is 0.107. The molecule has 2 heteroatoms. The third kappa shape index (κ3) is 4.09. The SMILES string of the molecule is CCCNC1CCCC(Cc2cccc(F)c2)C1. The van der Waals surface area contributed by atoms with Gasteiger partial charge in [0.25, 0.3) is 0 Å². The molecule has 0 aromatic heterocycles. The number of hydrogen-bond donors (Lipinski definition) is 1. The number of halogens is 1. The maximum Gasteiger partial charge on any atom is 0.123 e. The van der Waals surface area contributed by atoms with E-state index in [1.54, 1.807) is 6.07 Å². The summed E-state index contributed by atoms with van der Waals surface area (Å²) in [6.45, 7) is 3.33. The van der Waals surface area contributed by atoms with Gasteiger partial charge < -0.3 is 5.32 Å². The molecule has 0 aliphatic heterocycles. The third-order valence-corrected chi connectivity index (χ3v) is 3.88. The van der Waals surface area contributed by atoms with Crippen LogP contribution in [0, 0.1) is 11.7 Å². The van der Waals surface area contributed by atoms with Crippen LogP contribution in [0.2, 0.25) is 0 Å². The van der Waals surface area contributed by atoms with Gasteiger partial charge in [-0.05, 0) is 55.8 Å². The average Bonchev–Trinajstić information content (AvgIpc) is 2.37. The van der Waals surface area contributed by atoms with Gasteiger partial charge in [-0.15, -0.1) is 0 Å². The van der Waals surface area contributed by atoms with Crippen molar-refractivity contribution in [3.05, 3.63) is 35.6 Å². The Bertz CT molecular complexity index is 364. The van der Waals surface area contributed by atoms with Gasteiger partial charge >= 0.3 is 0 Å².